The highest BCUT2D eigenvalue weighted by Gasteiger charge is 2.38. The van der Waals surface area contributed by atoms with Crippen LogP contribution in [0.1, 0.15) is 29.9 Å². The highest BCUT2D eigenvalue weighted by Crippen LogP contribution is 2.32. The fourth-order valence-electron chi connectivity index (χ4n) is 3.90. The number of sulfonamides is 1. The number of carbonyl (C=O) groups is 1. The van der Waals surface area contributed by atoms with Crippen LogP contribution >= 0.6 is 0 Å². The van der Waals surface area contributed by atoms with Gasteiger partial charge in [-0.15, -0.1) is 0 Å². The van der Waals surface area contributed by atoms with Crippen LogP contribution in [-0.4, -0.2) is 37.8 Å². The Balaban J connectivity index is 1.61. The van der Waals surface area contributed by atoms with E-state index in [-0.39, 0.29) is 22.8 Å². The van der Waals surface area contributed by atoms with Crippen molar-refractivity contribution in [3.63, 3.8) is 0 Å². The van der Waals surface area contributed by atoms with E-state index in [0.29, 0.717) is 38.0 Å². The van der Waals surface area contributed by atoms with Crippen LogP contribution in [0.4, 0.5) is 5.69 Å². The molecule has 2 aromatic carbocycles. The zero-order valence-corrected chi connectivity index (χ0v) is 15.8. The van der Waals surface area contributed by atoms with Gasteiger partial charge in [0, 0.05) is 37.2 Å². The maximum Gasteiger partial charge on any atom is 0.243 e. The Hall–Kier alpha value is -2.22. The minimum atomic E-state index is -3.63. The third-order valence-corrected chi connectivity index (χ3v) is 7.23. The first-order chi connectivity index (χ1) is 12.9. The molecule has 1 fully saturated rings. The molecule has 0 unspecified atom stereocenters. The van der Waals surface area contributed by atoms with E-state index >= 15 is 0 Å². The van der Waals surface area contributed by atoms with Crippen LogP contribution in [0.3, 0.4) is 0 Å². The van der Waals surface area contributed by atoms with Crippen LogP contribution in [0, 0.1) is 0 Å². The number of nitrogens with zero attached hydrogens (tertiary/aromatic N) is 1. The van der Waals surface area contributed by atoms with Crippen molar-refractivity contribution >= 4 is 21.6 Å². The number of hydrogen-bond acceptors (Lipinski definition) is 4. The number of rotatable bonds is 3. The van der Waals surface area contributed by atoms with Crippen molar-refractivity contribution in [1.82, 2.24) is 4.31 Å². The van der Waals surface area contributed by atoms with Crippen molar-refractivity contribution in [2.75, 3.05) is 18.4 Å². The number of anilines is 1. The van der Waals surface area contributed by atoms with E-state index in [4.69, 9.17) is 5.73 Å². The molecule has 2 aliphatic heterocycles. The Morgan fingerprint density at radius 3 is 2.59 bits per heavy atom. The molecule has 0 radical (unpaired) electrons. The number of aryl methyl sites for hydroxylation is 1. The summed E-state index contributed by atoms with van der Waals surface area (Å²) in [5.74, 6) is -0.0401. The van der Waals surface area contributed by atoms with E-state index in [2.05, 4.69) is 5.32 Å². The average molecular weight is 385 g/mol. The van der Waals surface area contributed by atoms with Gasteiger partial charge in [-0.1, -0.05) is 30.3 Å². The van der Waals surface area contributed by atoms with E-state index in [1.165, 1.54) is 4.31 Å². The molecule has 1 saturated heterocycles. The largest absolute Gasteiger partial charge is 0.326 e. The lowest BCUT2D eigenvalue weighted by Crippen LogP contribution is -2.32. The summed E-state index contributed by atoms with van der Waals surface area (Å²) in [7, 11) is -3.63. The molecule has 0 aliphatic carbocycles. The fourth-order valence-corrected chi connectivity index (χ4v) is 5.46. The molecule has 7 heteroatoms. The number of benzene rings is 2. The lowest BCUT2D eigenvalue weighted by atomic mass is 9.95. The van der Waals surface area contributed by atoms with Crippen LogP contribution in [-0.2, 0) is 21.2 Å². The minimum Gasteiger partial charge on any atom is -0.326 e. The third-order valence-electron chi connectivity index (χ3n) is 5.40. The van der Waals surface area contributed by atoms with Gasteiger partial charge in [0.25, 0.3) is 0 Å². The summed E-state index contributed by atoms with van der Waals surface area (Å²) in [6.07, 6.45) is 1.85. The van der Waals surface area contributed by atoms with Crippen LogP contribution in [0.15, 0.2) is 53.4 Å². The van der Waals surface area contributed by atoms with Crippen molar-refractivity contribution < 1.29 is 13.2 Å². The number of amides is 1. The quantitative estimate of drug-likeness (QED) is 0.846. The average Bonchev–Trinajstić information content (AvgIpc) is 2.96. The lowest BCUT2D eigenvalue weighted by molar-refractivity contribution is -0.116. The maximum atomic E-state index is 13.2. The van der Waals surface area contributed by atoms with Gasteiger partial charge >= 0.3 is 0 Å². The highest BCUT2D eigenvalue weighted by molar-refractivity contribution is 7.89. The predicted octanol–water partition coefficient (Wildman–Crippen LogP) is 2.08. The second-order valence-electron chi connectivity index (χ2n) is 7.22. The van der Waals surface area contributed by atoms with Crippen molar-refractivity contribution in [3.05, 3.63) is 59.7 Å². The molecule has 2 aliphatic rings. The van der Waals surface area contributed by atoms with Crippen molar-refractivity contribution in [1.29, 1.82) is 0 Å². The van der Waals surface area contributed by atoms with Crippen LogP contribution in [0.25, 0.3) is 0 Å². The normalized spacial score (nSPS) is 23.5. The zero-order valence-electron chi connectivity index (χ0n) is 15.0. The molecule has 142 valence electrons. The van der Waals surface area contributed by atoms with Gasteiger partial charge in [-0.2, -0.15) is 4.31 Å². The fraction of sp³-hybridized carbons (Fsp3) is 0.350. The lowest BCUT2D eigenvalue weighted by Gasteiger charge is -2.18. The molecule has 27 heavy (non-hydrogen) atoms. The van der Waals surface area contributed by atoms with Gasteiger partial charge in [0.1, 0.15) is 0 Å². The second-order valence-corrected chi connectivity index (χ2v) is 9.16. The molecule has 6 nitrogen and oxygen atoms in total. The summed E-state index contributed by atoms with van der Waals surface area (Å²) in [4.78, 5) is 12.0. The summed E-state index contributed by atoms with van der Waals surface area (Å²) < 4.78 is 27.8. The van der Waals surface area contributed by atoms with Crippen molar-refractivity contribution in [2.24, 2.45) is 5.73 Å². The first kappa shape index (κ1) is 18.2. The monoisotopic (exact) mass is 385 g/mol. The summed E-state index contributed by atoms with van der Waals surface area (Å²) in [5.41, 5.74) is 8.90. The molecule has 0 aromatic heterocycles. The summed E-state index contributed by atoms with van der Waals surface area (Å²) >= 11 is 0. The van der Waals surface area contributed by atoms with Crippen molar-refractivity contribution in [3.8, 4) is 0 Å². The van der Waals surface area contributed by atoms with E-state index < -0.39 is 10.0 Å². The van der Waals surface area contributed by atoms with Crippen LogP contribution in [0.5, 0.6) is 0 Å². The molecule has 2 atom stereocenters. The van der Waals surface area contributed by atoms with E-state index in [1.54, 1.807) is 18.2 Å². The molecule has 2 heterocycles. The molecule has 0 saturated carbocycles. The van der Waals surface area contributed by atoms with E-state index in [1.807, 2.05) is 30.3 Å². The minimum absolute atomic E-state index is 0.0129. The third kappa shape index (κ3) is 3.50. The number of hydrogen-bond donors (Lipinski definition) is 2. The second kappa shape index (κ2) is 7.07. The SMILES string of the molecule is N[C@@H]1CN(S(=O)(=O)c2ccc3c(c2)CCCC(=O)N3)C[C@H]1c1ccccc1. The topological polar surface area (TPSA) is 92.5 Å². The maximum absolute atomic E-state index is 13.2. The molecule has 0 bridgehead atoms. The molecule has 1 amide bonds. The highest BCUT2D eigenvalue weighted by atomic mass is 32.2. The van der Waals surface area contributed by atoms with Crippen molar-refractivity contribution in [2.45, 2.75) is 36.1 Å². The van der Waals surface area contributed by atoms with Gasteiger partial charge in [-0.05, 0) is 42.2 Å². The van der Waals surface area contributed by atoms with Gasteiger partial charge in [0.2, 0.25) is 15.9 Å². The van der Waals surface area contributed by atoms with Gasteiger partial charge in [-0.25, -0.2) is 8.42 Å². The molecule has 3 N–H and O–H groups in total. The zero-order chi connectivity index (χ0) is 19.0. The summed E-state index contributed by atoms with van der Waals surface area (Å²) in [5, 5.41) is 2.84. The Morgan fingerprint density at radius 2 is 1.81 bits per heavy atom. The standard InChI is InChI=1S/C20H23N3O3S/c21-18-13-23(12-17(18)14-5-2-1-3-6-14)27(25,26)16-9-10-19-15(11-16)7-4-8-20(24)22-19/h1-3,5-6,9-11,17-18H,4,7-8,12-13,21H2,(H,22,24)/t17-,18+/m0/s1. The molecular formula is C20H23N3O3S. The molecule has 0 spiro atoms. The Bertz CT molecular complexity index is 960. The summed E-state index contributed by atoms with van der Waals surface area (Å²) in [6.45, 7) is 0.678. The Labute approximate surface area is 159 Å². The Morgan fingerprint density at radius 1 is 1.04 bits per heavy atom. The summed E-state index contributed by atoms with van der Waals surface area (Å²) in [6, 6.07) is 14.5. The van der Waals surface area contributed by atoms with E-state index in [9.17, 15) is 13.2 Å². The molecule has 4 rings (SSSR count). The first-order valence-corrected chi connectivity index (χ1v) is 10.6. The number of nitrogens with one attached hydrogen (secondary N) is 1. The van der Waals surface area contributed by atoms with Gasteiger partial charge in [0.15, 0.2) is 0 Å². The number of fused-ring (bicyclic) bond motifs is 1. The number of nitrogens with two attached hydrogens (primary N) is 1. The Kier molecular flexibility index (Phi) is 4.75. The predicted molar refractivity (Wildman–Crippen MR) is 104 cm³/mol. The van der Waals surface area contributed by atoms with Gasteiger partial charge in [0.05, 0.1) is 4.90 Å². The smallest absolute Gasteiger partial charge is 0.243 e. The molecular weight excluding hydrogens is 362 g/mol. The van der Waals surface area contributed by atoms with E-state index in [0.717, 1.165) is 11.1 Å². The van der Waals surface area contributed by atoms with Gasteiger partial charge in [-0.3, -0.25) is 4.79 Å². The van der Waals surface area contributed by atoms with Gasteiger partial charge < -0.3 is 11.1 Å². The molecule has 2 aromatic rings. The first-order valence-electron chi connectivity index (χ1n) is 9.18. The van der Waals surface area contributed by atoms with Crippen LogP contribution < -0.4 is 11.1 Å². The van der Waals surface area contributed by atoms with Crippen LogP contribution in [0.2, 0.25) is 0 Å². The number of carbonyl (C=O) groups excluding carboxylic acids is 1.